The van der Waals surface area contributed by atoms with Gasteiger partial charge in [-0.15, -0.1) is 6.58 Å². The Morgan fingerprint density at radius 1 is 1.12 bits per heavy atom. The minimum Gasteiger partial charge on any atom is -0.491 e. The van der Waals surface area contributed by atoms with Gasteiger partial charge >= 0.3 is 0 Å². The second kappa shape index (κ2) is 17.0. The second-order valence-electron chi connectivity index (χ2n) is 14.2. The van der Waals surface area contributed by atoms with Gasteiger partial charge in [-0.2, -0.15) is 0 Å². The first kappa shape index (κ1) is 36.8. The molecule has 1 saturated heterocycles. The summed E-state index contributed by atoms with van der Waals surface area (Å²) < 4.78 is 34.6. The number of benzene rings is 2. The van der Waals surface area contributed by atoms with Gasteiger partial charge in [0.2, 0.25) is 0 Å². The molecule has 6 atom stereocenters. The van der Waals surface area contributed by atoms with Crippen LogP contribution in [-0.4, -0.2) is 79.6 Å². The third kappa shape index (κ3) is 9.02. The molecule has 0 radical (unpaired) electrons. The molecule has 2 aromatic carbocycles. The summed E-state index contributed by atoms with van der Waals surface area (Å²) in [5.41, 5.74) is 3.90. The van der Waals surface area contributed by atoms with Crippen molar-refractivity contribution >= 4 is 34.2 Å². The number of nitrogens with one attached hydrogen (secondary N) is 1. The molecular weight excluding hydrogens is 646 g/mol. The smallest absolute Gasteiger partial charge is 0.263 e. The summed E-state index contributed by atoms with van der Waals surface area (Å²) in [5, 5.41) is 0.547. The first-order valence-electron chi connectivity index (χ1n) is 17.6. The molecule has 48 heavy (non-hydrogen) atoms. The highest BCUT2D eigenvalue weighted by atomic mass is 35.5. The van der Waals surface area contributed by atoms with Crippen molar-refractivity contribution in [2.24, 2.45) is 17.8 Å². The third-order valence-electron chi connectivity index (χ3n) is 10.6. The van der Waals surface area contributed by atoms with E-state index in [0.717, 1.165) is 68.1 Å². The quantitative estimate of drug-likeness (QED) is 0.213. The molecule has 1 aliphatic carbocycles. The molecular formula is C38H54ClN3O5S. The Bertz CT molecular complexity index is 1430. The van der Waals surface area contributed by atoms with Gasteiger partial charge in [0.15, 0.2) is 6.29 Å². The topological polar surface area (TPSA) is 80.3 Å². The number of carbonyl (C=O) groups excluding carboxylic acids is 1. The van der Waals surface area contributed by atoms with E-state index in [1.807, 2.05) is 38.1 Å². The van der Waals surface area contributed by atoms with E-state index in [4.69, 9.17) is 25.8 Å². The molecule has 264 valence electrons. The fraction of sp³-hybridized carbons (Fsp3) is 0.605. The lowest BCUT2D eigenvalue weighted by atomic mass is 9.71. The molecule has 0 spiro atoms. The number of carbonyl (C=O) groups is 1. The van der Waals surface area contributed by atoms with Gasteiger partial charge in [0.25, 0.3) is 5.91 Å². The molecule has 3 aliphatic rings. The number of nitrogens with zero attached hydrogens (tertiary/aromatic N) is 2. The highest BCUT2D eigenvalue weighted by Crippen LogP contribution is 2.43. The predicted octanol–water partition coefficient (Wildman–Crippen LogP) is 6.99. The van der Waals surface area contributed by atoms with E-state index in [9.17, 15) is 9.00 Å². The zero-order valence-corrected chi connectivity index (χ0v) is 30.9. The van der Waals surface area contributed by atoms with E-state index in [0.29, 0.717) is 37.2 Å². The summed E-state index contributed by atoms with van der Waals surface area (Å²) in [6.45, 7) is 13.4. The largest absolute Gasteiger partial charge is 0.491 e. The molecule has 1 N–H and O–H groups in total. The zero-order valence-electron chi connectivity index (χ0n) is 29.3. The lowest BCUT2D eigenvalue weighted by molar-refractivity contribution is -0.212. The number of halogens is 1. The van der Waals surface area contributed by atoms with Gasteiger partial charge in [-0.05, 0) is 106 Å². The number of hydrogen-bond acceptors (Lipinski definition) is 7. The lowest BCUT2D eigenvalue weighted by Crippen LogP contribution is -2.46. The maximum absolute atomic E-state index is 13.5. The van der Waals surface area contributed by atoms with Gasteiger partial charge in [-0.3, -0.25) is 9.52 Å². The van der Waals surface area contributed by atoms with Crippen molar-refractivity contribution < 1.29 is 23.2 Å². The summed E-state index contributed by atoms with van der Waals surface area (Å²) in [7, 11) is 2.60. The van der Waals surface area contributed by atoms with E-state index in [1.54, 1.807) is 6.07 Å². The van der Waals surface area contributed by atoms with Crippen LogP contribution >= 0.6 is 11.6 Å². The van der Waals surface area contributed by atoms with Crippen molar-refractivity contribution in [3.05, 3.63) is 70.8 Å². The van der Waals surface area contributed by atoms with Crippen molar-refractivity contribution in [3.63, 3.8) is 0 Å². The summed E-state index contributed by atoms with van der Waals surface area (Å²) in [4.78, 5) is 18.0. The predicted molar refractivity (Wildman–Crippen MR) is 195 cm³/mol. The highest BCUT2D eigenvalue weighted by molar-refractivity contribution is 7.84. The summed E-state index contributed by atoms with van der Waals surface area (Å²) in [5.74, 6) is 1.64. The van der Waals surface area contributed by atoms with Crippen LogP contribution in [0.4, 0.5) is 5.69 Å². The van der Waals surface area contributed by atoms with Crippen LogP contribution in [0, 0.1) is 17.8 Å². The van der Waals surface area contributed by atoms with Gasteiger partial charge in [0, 0.05) is 36.0 Å². The van der Waals surface area contributed by atoms with Gasteiger partial charge < -0.3 is 24.0 Å². The van der Waals surface area contributed by atoms with Crippen molar-refractivity contribution in [1.82, 2.24) is 9.62 Å². The van der Waals surface area contributed by atoms with Crippen LogP contribution in [0.1, 0.15) is 80.3 Å². The Balaban J connectivity index is 1.37. The Morgan fingerprint density at radius 2 is 1.88 bits per heavy atom. The van der Waals surface area contributed by atoms with Crippen molar-refractivity contribution in [2.45, 2.75) is 82.8 Å². The van der Waals surface area contributed by atoms with Crippen molar-refractivity contribution in [1.29, 1.82) is 0 Å². The average molecular weight is 700 g/mol. The number of allylic oxidation sites excluding steroid dienone is 1. The van der Waals surface area contributed by atoms with E-state index in [2.05, 4.69) is 54.3 Å². The number of ether oxygens (including phenoxy) is 3. The summed E-state index contributed by atoms with van der Waals surface area (Å²) >= 11 is 6.45. The molecule has 8 nitrogen and oxygen atoms in total. The number of amides is 1. The highest BCUT2D eigenvalue weighted by Gasteiger charge is 2.38. The molecule has 1 amide bonds. The Kier molecular flexibility index (Phi) is 13.0. The van der Waals surface area contributed by atoms with Gasteiger partial charge in [0.05, 0.1) is 36.8 Å². The minimum atomic E-state index is -1.52. The first-order valence-corrected chi connectivity index (χ1v) is 19.2. The van der Waals surface area contributed by atoms with E-state index >= 15 is 0 Å². The second-order valence-corrected chi connectivity index (χ2v) is 16.1. The molecule has 2 heterocycles. The number of hydrogen-bond donors (Lipinski definition) is 1. The molecule has 2 aromatic rings. The standard InChI is InChI=1S/C38H54ClN3O5S/c1-7-9-25(3)26(4)48(44)40-38(43)29-13-16-36-35(18-29)42(21-31(22-45-36)34-15-14-32(39)17-28(34)10-8-2)20-30-12-11-27(30)19-37-46-23-33(24-47-37)41(5)6/h7,13-18,25-27,30-31,33,37H,1,8-12,19-24H2,2-6H3,(H,40,43). The number of anilines is 1. The minimum absolute atomic E-state index is 0.125. The van der Waals surface area contributed by atoms with E-state index in [-0.39, 0.29) is 35.3 Å². The molecule has 10 heteroatoms. The Labute approximate surface area is 295 Å². The molecule has 5 rings (SSSR count). The first-order chi connectivity index (χ1) is 23.1. The fourth-order valence-electron chi connectivity index (χ4n) is 7.05. The molecule has 0 bridgehead atoms. The average Bonchev–Trinajstić information content (AvgIpc) is 3.24. The van der Waals surface area contributed by atoms with Crippen LogP contribution in [0.2, 0.25) is 5.02 Å². The maximum atomic E-state index is 13.5. The van der Waals surface area contributed by atoms with Gasteiger partial charge in [-0.25, -0.2) is 4.21 Å². The SMILES string of the molecule is C=CCC(C)C(C)S(=O)NC(=O)c1ccc2c(c1)N(CC1CCC1CC1OCC(N(C)C)CO1)CC(c1ccc(Cl)cc1CCC)CO2. The van der Waals surface area contributed by atoms with Crippen LogP contribution in [0.25, 0.3) is 0 Å². The molecule has 6 unspecified atom stereocenters. The normalized spacial score (nSPS) is 26.0. The number of rotatable bonds is 14. The van der Waals surface area contributed by atoms with Crippen LogP contribution < -0.4 is 14.4 Å². The lowest BCUT2D eigenvalue weighted by Gasteiger charge is -2.43. The number of likely N-dealkylation sites (N-methyl/N-ethyl adjacent to an activating group) is 1. The van der Waals surface area contributed by atoms with E-state index in [1.165, 1.54) is 11.1 Å². The van der Waals surface area contributed by atoms with Crippen molar-refractivity contribution in [3.8, 4) is 5.75 Å². The van der Waals surface area contributed by atoms with Crippen LogP contribution in [0.5, 0.6) is 5.75 Å². The zero-order chi connectivity index (χ0) is 34.4. The number of fused-ring (bicyclic) bond motifs is 1. The van der Waals surface area contributed by atoms with Crippen LogP contribution in [0.3, 0.4) is 0 Å². The molecule has 2 aliphatic heterocycles. The Hall–Kier alpha value is -2.43. The van der Waals surface area contributed by atoms with Crippen LogP contribution in [-0.2, 0) is 26.9 Å². The summed E-state index contributed by atoms with van der Waals surface area (Å²) in [6.07, 6.45) is 7.55. The molecule has 0 aromatic heterocycles. The maximum Gasteiger partial charge on any atom is 0.263 e. The van der Waals surface area contributed by atoms with Gasteiger partial charge in [0.1, 0.15) is 16.7 Å². The summed E-state index contributed by atoms with van der Waals surface area (Å²) in [6, 6.07) is 12.1. The number of aryl methyl sites for hydroxylation is 1. The fourth-order valence-corrected chi connectivity index (χ4v) is 8.26. The Morgan fingerprint density at radius 3 is 2.54 bits per heavy atom. The molecule has 1 saturated carbocycles. The van der Waals surface area contributed by atoms with Crippen molar-refractivity contribution in [2.75, 3.05) is 51.9 Å². The third-order valence-corrected chi connectivity index (χ3v) is 12.3. The monoisotopic (exact) mass is 699 g/mol. The van der Waals surface area contributed by atoms with Gasteiger partial charge in [-0.1, -0.05) is 44.0 Å². The van der Waals surface area contributed by atoms with E-state index < -0.39 is 11.0 Å². The van der Waals surface area contributed by atoms with Crippen LogP contribution in [0.15, 0.2) is 49.1 Å². The molecule has 2 fully saturated rings.